The first-order chi connectivity index (χ1) is 10.2. The molecule has 0 fully saturated rings. The highest BCUT2D eigenvalue weighted by atomic mass is 127. The number of hydrogen-bond acceptors (Lipinski definition) is 3. The lowest BCUT2D eigenvalue weighted by Crippen LogP contribution is -2.38. The number of unbranched alkanes of at least 4 members (excludes halogenated alkanes) is 1. The highest BCUT2D eigenvalue weighted by molar-refractivity contribution is 14.0. The number of pyridine rings is 1. The number of nitrogens with one attached hydrogen (secondary N) is 3. The van der Waals surface area contributed by atoms with Gasteiger partial charge in [0.05, 0.1) is 0 Å². The van der Waals surface area contributed by atoms with Crippen molar-refractivity contribution in [3.05, 3.63) is 24.4 Å². The number of anilines is 1. The fraction of sp³-hybridized carbons (Fsp3) is 0.625. The number of aromatic nitrogens is 1. The number of nitrogens with zero attached hydrogens (tertiary/aromatic N) is 2. The van der Waals surface area contributed by atoms with Gasteiger partial charge in [0.2, 0.25) is 0 Å². The summed E-state index contributed by atoms with van der Waals surface area (Å²) in [6.07, 6.45) is 4.01. The molecule has 0 saturated carbocycles. The van der Waals surface area contributed by atoms with Crippen LogP contribution in [0.2, 0.25) is 0 Å². The van der Waals surface area contributed by atoms with Gasteiger partial charge in [-0.25, -0.2) is 4.98 Å². The summed E-state index contributed by atoms with van der Waals surface area (Å²) in [4.78, 5) is 8.78. The van der Waals surface area contributed by atoms with Gasteiger partial charge in [-0.1, -0.05) is 19.9 Å². The van der Waals surface area contributed by atoms with Gasteiger partial charge in [-0.15, -0.1) is 24.0 Å². The van der Waals surface area contributed by atoms with Gasteiger partial charge >= 0.3 is 0 Å². The Kier molecular flexibility index (Phi) is 13.0. The first-order valence-corrected chi connectivity index (χ1v) is 7.89. The van der Waals surface area contributed by atoms with Gasteiger partial charge in [-0.2, -0.15) is 0 Å². The third-order valence-corrected chi connectivity index (χ3v) is 2.83. The van der Waals surface area contributed by atoms with Crippen LogP contribution in [-0.2, 0) is 0 Å². The van der Waals surface area contributed by atoms with Crippen molar-refractivity contribution in [2.75, 3.05) is 31.5 Å². The fourth-order valence-electron chi connectivity index (χ4n) is 1.76. The molecule has 1 heterocycles. The van der Waals surface area contributed by atoms with Crippen molar-refractivity contribution in [3.63, 3.8) is 0 Å². The molecular weight excluding hydrogens is 389 g/mol. The minimum atomic E-state index is 0. The average Bonchev–Trinajstić information content (AvgIpc) is 2.49. The fourth-order valence-corrected chi connectivity index (χ4v) is 1.76. The van der Waals surface area contributed by atoms with Gasteiger partial charge in [0.25, 0.3) is 0 Å². The van der Waals surface area contributed by atoms with Crippen LogP contribution < -0.4 is 16.0 Å². The van der Waals surface area contributed by atoms with Crippen LogP contribution in [0.15, 0.2) is 29.4 Å². The maximum atomic E-state index is 4.55. The van der Waals surface area contributed by atoms with Gasteiger partial charge in [-0.05, 0) is 37.8 Å². The Morgan fingerprint density at radius 3 is 2.59 bits per heavy atom. The predicted molar refractivity (Wildman–Crippen MR) is 106 cm³/mol. The van der Waals surface area contributed by atoms with Gasteiger partial charge in [0.1, 0.15) is 5.82 Å². The molecule has 0 aromatic carbocycles. The van der Waals surface area contributed by atoms with Crippen LogP contribution >= 0.6 is 24.0 Å². The number of aliphatic imine (C=N–C) groups is 1. The average molecular weight is 419 g/mol. The summed E-state index contributed by atoms with van der Waals surface area (Å²) in [6.45, 7) is 10.1. The van der Waals surface area contributed by atoms with Gasteiger partial charge in [0.15, 0.2) is 5.96 Å². The lowest BCUT2D eigenvalue weighted by Gasteiger charge is -2.12. The second-order valence-corrected chi connectivity index (χ2v) is 5.39. The zero-order valence-corrected chi connectivity index (χ0v) is 16.3. The summed E-state index contributed by atoms with van der Waals surface area (Å²) in [5.41, 5.74) is 0. The third-order valence-electron chi connectivity index (χ3n) is 2.83. The van der Waals surface area contributed by atoms with Crippen molar-refractivity contribution in [2.24, 2.45) is 10.9 Å². The second kappa shape index (κ2) is 13.6. The van der Waals surface area contributed by atoms with E-state index in [1.54, 1.807) is 6.20 Å². The molecule has 0 unspecified atom stereocenters. The molecule has 0 bridgehead atoms. The maximum absolute atomic E-state index is 4.55. The van der Waals surface area contributed by atoms with E-state index < -0.39 is 0 Å². The van der Waals surface area contributed by atoms with Crippen LogP contribution in [0.1, 0.15) is 33.6 Å². The first-order valence-electron chi connectivity index (χ1n) is 7.89. The monoisotopic (exact) mass is 419 g/mol. The van der Waals surface area contributed by atoms with Crippen LogP contribution in [0, 0.1) is 5.92 Å². The zero-order valence-electron chi connectivity index (χ0n) is 13.9. The minimum Gasteiger partial charge on any atom is -0.370 e. The lowest BCUT2D eigenvalue weighted by atomic mass is 10.2. The summed E-state index contributed by atoms with van der Waals surface area (Å²) in [7, 11) is 0. The number of hydrogen-bond donors (Lipinski definition) is 3. The Hall–Kier alpha value is -1.05. The van der Waals surface area contributed by atoms with Gasteiger partial charge in [-0.3, -0.25) is 4.99 Å². The Balaban J connectivity index is 0.00000441. The van der Waals surface area contributed by atoms with E-state index in [2.05, 4.69) is 46.7 Å². The summed E-state index contributed by atoms with van der Waals surface area (Å²) < 4.78 is 0. The molecule has 1 rings (SSSR count). The van der Waals surface area contributed by atoms with Crippen LogP contribution in [-0.4, -0.2) is 37.1 Å². The summed E-state index contributed by atoms with van der Waals surface area (Å²) in [5.74, 6) is 2.45. The van der Waals surface area contributed by atoms with Crippen molar-refractivity contribution < 1.29 is 0 Å². The molecule has 1 aromatic heterocycles. The quantitative estimate of drug-likeness (QED) is 0.249. The Bertz CT molecular complexity index is 395. The van der Waals surface area contributed by atoms with Crippen molar-refractivity contribution >= 4 is 35.8 Å². The number of halogens is 1. The molecule has 1 aromatic rings. The highest BCUT2D eigenvalue weighted by Gasteiger charge is 1.98. The molecule has 0 atom stereocenters. The van der Waals surface area contributed by atoms with E-state index in [4.69, 9.17) is 0 Å². The van der Waals surface area contributed by atoms with Crippen molar-refractivity contribution in [1.29, 1.82) is 0 Å². The molecule has 0 amide bonds. The molecule has 0 aliphatic rings. The van der Waals surface area contributed by atoms with E-state index in [1.165, 1.54) is 0 Å². The number of rotatable bonds is 9. The molecule has 22 heavy (non-hydrogen) atoms. The molecule has 6 heteroatoms. The highest BCUT2D eigenvalue weighted by Crippen LogP contribution is 2.00. The molecule has 3 N–H and O–H groups in total. The van der Waals surface area contributed by atoms with E-state index in [1.807, 2.05) is 18.2 Å². The van der Waals surface area contributed by atoms with E-state index in [-0.39, 0.29) is 24.0 Å². The van der Waals surface area contributed by atoms with Crippen LogP contribution in [0.25, 0.3) is 0 Å². The first kappa shape index (κ1) is 20.9. The van der Waals surface area contributed by atoms with Crippen molar-refractivity contribution in [1.82, 2.24) is 15.6 Å². The molecule has 5 nitrogen and oxygen atoms in total. The predicted octanol–water partition coefficient (Wildman–Crippen LogP) is 3.10. The molecule has 0 aliphatic carbocycles. The molecule has 0 spiro atoms. The smallest absolute Gasteiger partial charge is 0.191 e. The van der Waals surface area contributed by atoms with Crippen molar-refractivity contribution in [3.8, 4) is 0 Å². The third kappa shape index (κ3) is 10.6. The zero-order chi connectivity index (χ0) is 15.3. The summed E-state index contributed by atoms with van der Waals surface area (Å²) in [6, 6.07) is 5.90. The molecule has 126 valence electrons. The Morgan fingerprint density at radius 1 is 1.18 bits per heavy atom. The van der Waals surface area contributed by atoms with Crippen LogP contribution in [0.4, 0.5) is 5.82 Å². The van der Waals surface area contributed by atoms with E-state index >= 15 is 0 Å². The largest absolute Gasteiger partial charge is 0.370 e. The SMILES string of the molecule is CCNC(=NCC(C)C)NCCCCNc1ccccn1.I. The molecular formula is C16H30IN5. The van der Waals surface area contributed by atoms with Crippen LogP contribution in [0.5, 0.6) is 0 Å². The summed E-state index contributed by atoms with van der Waals surface area (Å²) >= 11 is 0. The Labute approximate surface area is 151 Å². The number of guanidine groups is 1. The van der Waals surface area contributed by atoms with E-state index in [0.29, 0.717) is 5.92 Å². The van der Waals surface area contributed by atoms with Crippen LogP contribution in [0.3, 0.4) is 0 Å². The van der Waals surface area contributed by atoms with Gasteiger partial charge in [0, 0.05) is 32.4 Å². The standard InChI is InChI=1S/C16H29N5.HI/c1-4-17-16(21-13-14(2)3)20-12-8-7-11-19-15-9-5-6-10-18-15;/h5-6,9-10,14H,4,7-8,11-13H2,1-3H3,(H,18,19)(H2,17,20,21);1H. The topological polar surface area (TPSA) is 61.3 Å². The minimum absolute atomic E-state index is 0. The maximum Gasteiger partial charge on any atom is 0.191 e. The second-order valence-electron chi connectivity index (χ2n) is 5.39. The van der Waals surface area contributed by atoms with E-state index in [0.717, 1.165) is 50.8 Å². The normalized spacial score (nSPS) is 11.0. The van der Waals surface area contributed by atoms with Gasteiger partial charge < -0.3 is 16.0 Å². The molecule has 0 radical (unpaired) electrons. The molecule has 0 saturated heterocycles. The lowest BCUT2D eigenvalue weighted by molar-refractivity contribution is 0.652. The van der Waals surface area contributed by atoms with Crippen molar-refractivity contribution in [2.45, 2.75) is 33.6 Å². The Morgan fingerprint density at radius 2 is 1.95 bits per heavy atom. The summed E-state index contributed by atoms with van der Waals surface area (Å²) in [5, 5.41) is 9.95. The molecule has 0 aliphatic heterocycles. The van der Waals surface area contributed by atoms with E-state index in [9.17, 15) is 0 Å².